The highest BCUT2D eigenvalue weighted by molar-refractivity contribution is 6.31. The number of anilines is 2. The lowest BCUT2D eigenvalue weighted by Gasteiger charge is -2.28. The van der Waals surface area contributed by atoms with Gasteiger partial charge in [-0.15, -0.1) is 0 Å². The lowest BCUT2D eigenvalue weighted by Crippen LogP contribution is -2.36. The molecule has 0 atom stereocenters. The van der Waals surface area contributed by atoms with E-state index in [0.29, 0.717) is 34.9 Å². The van der Waals surface area contributed by atoms with Gasteiger partial charge in [0, 0.05) is 48.5 Å². The minimum absolute atomic E-state index is 0.0235. The molecule has 1 aliphatic carbocycles. The molecule has 1 fully saturated rings. The van der Waals surface area contributed by atoms with Crippen molar-refractivity contribution in [2.24, 2.45) is 5.92 Å². The zero-order chi connectivity index (χ0) is 23.9. The van der Waals surface area contributed by atoms with Crippen molar-refractivity contribution >= 4 is 29.4 Å². The summed E-state index contributed by atoms with van der Waals surface area (Å²) in [5.41, 5.74) is 2.11. The van der Waals surface area contributed by atoms with Gasteiger partial charge in [-0.1, -0.05) is 17.7 Å². The molecule has 1 amide bonds. The molecule has 34 heavy (non-hydrogen) atoms. The molecule has 1 saturated carbocycles. The highest BCUT2D eigenvalue weighted by Crippen LogP contribution is 2.27. The first-order valence-corrected chi connectivity index (χ1v) is 11.5. The van der Waals surface area contributed by atoms with Crippen molar-refractivity contribution in [2.75, 3.05) is 17.7 Å². The smallest absolute Gasteiger partial charge is 0.228 e. The summed E-state index contributed by atoms with van der Waals surface area (Å²) in [4.78, 5) is 30.2. The van der Waals surface area contributed by atoms with Crippen molar-refractivity contribution in [3.63, 3.8) is 0 Å². The molecule has 2 heterocycles. The molecule has 1 aliphatic rings. The zero-order valence-corrected chi connectivity index (χ0v) is 19.5. The van der Waals surface area contributed by atoms with Gasteiger partial charge in [-0.2, -0.15) is 20.2 Å². The predicted molar refractivity (Wildman–Crippen MR) is 130 cm³/mol. The Morgan fingerprint density at radius 2 is 1.94 bits per heavy atom. The van der Waals surface area contributed by atoms with Gasteiger partial charge >= 0.3 is 0 Å². The molecular weight excluding hydrogens is 452 g/mol. The normalized spacial score (nSPS) is 17.4. The van der Waals surface area contributed by atoms with Gasteiger partial charge in [0.25, 0.3) is 0 Å². The highest BCUT2D eigenvalue weighted by atomic mass is 35.5. The molecule has 9 nitrogen and oxygen atoms in total. The van der Waals surface area contributed by atoms with E-state index in [-0.39, 0.29) is 17.9 Å². The first-order valence-electron chi connectivity index (χ1n) is 11.1. The van der Waals surface area contributed by atoms with Crippen LogP contribution in [0.1, 0.15) is 36.8 Å². The minimum Gasteiger partial charge on any atom is -0.357 e. The minimum atomic E-state index is -0.0487. The summed E-state index contributed by atoms with van der Waals surface area (Å²) in [7, 11) is 1.76. The van der Waals surface area contributed by atoms with Crippen molar-refractivity contribution in [1.29, 1.82) is 5.26 Å². The van der Waals surface area contributed by atoms with Crippen LogP contribution in [0.5, 0.6) is 0 Å². The quantitative estimate of drug-likeness (QED) is 0.469. The second kappa shape index (κ2) is 10.9. The Bertz CT molecular complexity index is 1190. The van der Waals surface area contributed by atoms with Gasteiger partial charge in [0.05, 0.1) is 11.6 Å². The van der Waals surface area contributed by atoms with E-state index in [2.05, 4.69) is 42.0 Å². The molecule has 0 spiro atoms. The monoisotopic (exact) mass is 476 g/mol. The number of nitrogens with zero attached hydrogens (tertiary/aromatic N) is 5. The maximum atomic E-state index is 12.7. The Labute approximate surface area is 203 Å². The van der Waals surface area contributed by atoms with Crippen LogP contribution in [0.4, 0.5) is 11.9 Å². The zero-order valence-electron chi connectivity index (χ0n) is 18.8. The Balaban J connectivity index is 1.32. The fourth-order valence-corrected chi connectivity index (χ4v) is 4.19. The number of benzene rings is 1. The molecular formula is C24H25ClN8O. The third-order valence-corrected chi connectivity index (χ3v) is 6.20. The van der Waals surface area contributed by atoms with Gasteiger partial charge in [-0.05, 0) is 55.5 Å². The molecule has 174 valence electrons. The van der Waals surface area contributed by atoms with E-state index in [1.165, 1.54) is 0 Å². The van der Waals surface area contributed by atoms with E-state index in [4.69, 9.17) is 16.9 Å². The Hall–Kier alpha value is -3.77. The van der Waals surface area contributed by atoms with Crippen molar-refractivity contribution in [2.45, 2.75) is 38.3 Å². The third kappa shape index (κ3) is 5.77. The van der Waals surface area contributed by atoms with Gasteiger partial charge in [0.2, 0.25) is 17.8 Å². The van der Waals surface area contributed by atoms with Crippen LogP contribution in [0.15, 0.2) is 42.7 Å². The van der Waals surface area contributed by atoms with E-state index >= 15 is 0 Å². The number of aromatic nitrogens is 4. The Kier molecular flexibility index (Phi) is 7.50. The van der Waals surface area contributed by atoms with Gasteiger partial charge in [-0.3, -0.25) is 9.78 Å². The summed E-state index contributed by atoms with van der Waals surface area (Å²) in [6, 6.07) is 11.1. The molecule has 3 aromatic rings. The van der Waals surface area contributed by atoms with Crippen LogP contribution < -0.4 is 16.0 Å². The van der Waals surface area contributed by atoms with Crippen molar-refractivity contribution in [3.05, 3.63) is 58.9 Å². The average molecular weight is 477 g/mol. The topological polar surface area (TPSA) is 129 Å². The third-order valence-electron chi connectivity index (χ3n) is 5.85. The van der Waals surface area contributed by atoms with Crippen LogP contribution in [0.2, 0.25) is 5.02 Å². The number of rotatable bonds is 7. The number of nitrogens with one attached hydrogen (secondary N) is 3. The number of hydrogen-bond acceptors (Lipinski definition) is 8. The van der Waals surface area contributed by atoms with Crippen molar-refractivity contribution in [3.8, 4) is 17.5 Å². The van der Waals surface area contributed by atoms with Crippen LogP contribution in [-0.2, 0) is 11.3 Å². The molecule has 0 saturated heterocycles. The largest absolute Gasteiger partial charge is 0.357 e. The van der Waals surface area contributed by atoms with E-state index in [9.17, 15) is 4.79 Å². The molecule has 0 radical (unpaired) electrons. The van der Waals surface area contributed by atoms with Crippen LogP contribution in [0.25, 0.3) is 11.4 Å². The molecule has 3 N–H and O–H groups in total. The predicted octanol–water partition coefficient (Wildman–Crippen LogP) is 3.79. The SMILES string of the molecule is CNc1nc(NC2CCC(C(=O)NCc3ccc(C#N)cc3Cl)CC2)nc(-c2cccnc2)n1. The van der Waals surface area contributed by atoms with E-state index in [1.807, 2.05) is 12.1 Å². The van der Waals surface area contributed by atoms with Crippen molar-refractivity contribution < 1.29 is 4.79 Å². The molecule has 4 rings (SSSR count). The van der Waals surface area contributed by atoms with Gasteiger partial charge in [0.1, 0.15) is 0 Å². The first-order chi connectivity index (χ1) is 16.6. The molecule has 0 bridgehead atoms. The number of halogens is 1. The number of amides is 1. The summed E-state index contributed by atoms with van der Waals surface area (Å²) in [6.07, 6.45) is 6.62. The summed E-state index contributed by atoms with van der Waals surface area (Å²) >= 11 is 6.21. The number of hydrogen-bond donors (Lipinski definition) is 3. The van der Waals surface area contributed by atoms with E-state index in [0.717, 1.165) is 36.8 Å². The standard InChI is InChI=1S/C24H25ClN8O/c1-27-23-31-21(18-3-2-10-28-13-18)32-24(33-23)30-19-8-6-16(7-9-19)22(34)29-14-17-5-4-15(12-26)11-20(17)25/h2-5,10-11,13,16,19H,6-9,14H2,1H3,(H,29,34)(H2,27,30,31,32,33). The van der Waals surface area contributed by atoms with Crippen LogP contribution in [0, 0.1) is 17.2 Å². The van der Waals surface area contributed by atoms with Crippen molar-refractivity contribution in [1.82, 2.24) is 25.3 Å². The summed E-state index contributed by atoms with van der Waals surface area (Å²) in [5, 5.41) is 18.8. The number of carbonyl (C=O) groups is 1. The maximum Gasteiger partial charge on any atom is 0.228 e. The second-order valence-electron chi connectivity index (χ2n) is 8.13. The molecule has 1 aromatic carbocycles. The second-order valence-corrected chi connectivity index (χ2v) is 8.53. The van der Waals surface area contributed by atoms with Crippen LogP contribution in [0.3, 0.4) is 0 Å². The lowest BCUT2D eigenvalue weighted by molar-refractivity contribution is -0.126. The van der Waals surface area contributed by atoms with Gasteiger partial charge in [-0.25, -0.2) is 0 Å². The Morgan fingerprint density at radius 3 is 2.62 bits per heavy atom. The summed E-state index contributed by atoms with van der Waals surface area (Å²) in [6.45, 7) is 0.344. The number of nitriles is 1. The van der Waals surface area contributed by atoms with Gasteiger partial charge in [0.15, 0.2) is 5.82 Å². The molecule has 0 aliphatic heterocycles. The maximum absolute atomic E-state index is 12.7. The Morgan fingerprint density at radius 1 is 1.15 bits per heavy atom. The van der Waals surface area contributed by atoms with Crippen LogP contribution >= 0.6 is 11.6 Å². The molecule has 10 heteroatoms. The fraction of sp³-hybridized carbons (Fsp3) is 0.333. The summed E-state index contributed by atoms with van der Waals surface area (Å²) in [5.74, 6) is 1.50. The molecule has 0 unspecified atom stereocenters. The summed E-state index contributed by atoms with van der Waals surface area (Å²) < 4.78 is 0. The van der Waals surface area contributed by atoms with E-state index in [1.54, 1.807) is 37.6 Å². The number of pyridine rings is 1. The van der Waals surface area contributed by atoms with Gasteiger partial charge < -0.3 is 16.0 Å². The average Bonchev–Trinajstić information content (AvgIpc) is 2.88. The molecule has 2 aromatic heterocycles. The van der Waals surface area contributed by atoms with E-state index < -0.39 is 0 Å². The number of carbonyl (C=O) groups excluding carboxylic acids is 1. The first kappa shape index (κ1) is 23.4. The highest BCUT2D eigenvalue weighted by Gasteiger charge is 2.27. The fourth-order valence-electron chi connectivity index (χ4n) is 3.95. The lowest BCUT2D eigenvalue weighted by atomic mass is 9.85. The van der Waals surface area contributed by atoms with Crippen LogP contribution in [-0.4, -0.2) is 38.9 Å².